The van der Waals surface area contributed by atoms with Crippen molar-refractivity contribution >= 4 is 0 Å². The summed E-state index contributed by atoms with van der Waals surface area (Å²) in [5, 5.41) is 0. The fraction of sp³-hybridized carbons (Fsp3) is 0.727. The van der Waals surface area contributed by atoms with Crippen LogP contribution in [0.5, 0.6) is 0 Å². The van der Waals surface area contributed by atoms with E-state index in [-0.39, 0.29) is 6.04 Å². The molecule has 4 heteroatoms. The molecule has 3 N–H and O–H groups in total. The van der Waals surface area contributed by atoms with Crippen LogP contribution in [0.15, 0.2) is 0 Å². The molecule has 0 aliphatic carbocycles. The zero-order valence-electron chi connectivity index (χ0n) is 10.2. The number of nitrogens with one attached hydrogen (secondary N) is 1. The van der Waals surface area contributed by atoms with Crippen LogP contribution >= 0.6 is 0 Å². The van der Waals surface area contributed by atoms with Gasteiger partial charge < -0.3 is 10.7 Å². The Balaban J connectivity index is 2.95. The number of likely N-dealkylation sites (N-methyl/N-ethyl adjacent to an activating group) is 1. The molecule has 1 aromatic rings. The van der Waals surface area contributed by atoms with Gasteiger partial charge in [-0.1, -0.05) is 13.8 Å². The van der Waals surface area contributed by atoms with Crippen molar-refractivity contribution in [2.75, 3.05) is 19.6 Å². The Morgan fingerprint density at radius 2 is 1.93 bits per heavy atom. The highest BCUT2D eigenvalue weighted by molar-refractivity contribution is 5.17. The van der Waals surface area contributed by atoms with E-state index >= 15 is 0 Å². The van der Waals surface area contributed by atoms with Crippen LogP contribution in [0.2, 0.25) is 0 Å². The first-order valence-electron chi connectivity index (χ1n) is 5.61. The quantitative estimate of drug-likeness (QED) is 0.771. The molecule has 1 heterocycles. The highest BCUT2D eigenvalue weighted by Crippen LogP contribution is 2.20. The van der Waals surface area contributed by atoms with E-state index in [1.807, 2.05) is 6.92 Å². The van der Waals surface area contributed by atoms with Crippen molar-refractivity contribution in [1.82, 2.24) is 14.9 Å². The SMILES string of the molecule is CCN(CC)C(CN)c1nc(C)[nH]c1C. The van der Waals surface area contributed by atoms with Crippen LogP contribution in [0.1, 0.15) is 37.1 Å². The summed E-state index contributed by atoms with van der Waals surface area (Å²) >= 11 is 0. The number of nitrogens with zero attached hydrogens (tertiary/aromatic N) is 2. The molecule has 4 nitrogen and oxygen atoms in total. The molecule has 1 atom stereocenters. The van der Waals surface area contributed by atoms with E-state index in [4.69, 9.17) is 5.73 Å². The minimum Gasteiger partial charge on any atom is -0.346 e. The highest BCUT2D eigenvalue weighted by atomic mass is 15.2. The van der Waals surface area contributed by atoms with Gasteiger partial charge in [0.2, 0.25) is 0 Å². The maximum Gasteiger partial charge on any atom is 0.103 e. The molecular formula is C11H22N4. The zero-order chi connectivity index (χ0) is 11.4. The summed E-state index contributed by atoms with van der Waals surface area (Å²) in [4.78, 5) is 10.1. The van der Waals surface area contributed by atoms with Crippen molar-refractivity contribution in [3.8, 4) is 0 Å². The summed E-state index contributed by atoms with van der Waals surface area (Å²) < 4.78 is 0. The number of aromatic nitrogens is 2. The van der Waals surface area contributed by atoms with Crippen LogP contribution in [-0.4, -0.2) is 34.5 Å². The Morgan fingerprint density at radius 3 is 2.27 bits per heavy atom. The summed E-state index contributed by atoms with van der Waals surface area (Å²) in [6.45, 7) is 11.0. The second-order valence-corrected chi connectivity index (χ2v) is 3.81. The Bertz CT molecular complexity index is 302. The fourth-order valence-electron chi connectivity index (χ4n) is 2.05. The number of aromatic amines is 1. The number of imidazole rings is 1. The lowest BCUT2D eigenvalue weighted by atomic mass is 10.1. The second-order valence-electron chi connectivity index (χ2n) is 3.81. The van der Waals surface area contributed by atoms with E-state index in [9.17, 15) is 0 Å². The molecule has 1 aromatic heterocycles. The Kier molecular flexibility index (Phi) is 4.29. The summed E-state index contributed by atoms with van der Waals surface area (Å²) in [5.41, 5.74) is 8.07. The van der Waals surface area contributed by atoms with Gasteiger partial charge in [-0.05, 0) is 26.9 Å². The van der Waals surface area contributed by atoms with E-state index in [2.05, 4.69) is 35.6 Å². The summed E-state index contributed by atoms with van der Waals surface area (Å²) in [5.74, 6) is 0.966. The lowest BCUT2D eigenvalue weighted by Gasteiger charge is -2.27. The number of hydrogen-bond acceptors (Lipinski definition) is 3. The first-order chi connectivity index (χ1) is 7.13. The van der Waals surface area contributed by atoms with Crippen LogP contribution in [0.3, 0.4) is 0 Å². The third-order valence-corrected chi connectivity index (χ3v) is 2.83. The maximum atomic E-state index is 5.84. The third kappa shape index (κ3) is 2.58. The molecule has 1 unspecified atom stereocenters. The van der Waals surface area contributed by atoms with Crippen molar-refractivity contribution < 1.29 is 0 Å². The zero-order valence-corrected chi connectivity index (χ0v) is 10.2. The number of hydrogen-bond donors (Lipinski definition) is 2. The normalized spacial score (nSPS) is 13.5. The van der Waals surface area contributed by atoms with Gasteiger partial charge in [0, 0.05) is 12.2 Å². The molecule has 15 heavy (non-hydrogen) atoms. The molecule has 0 aliphatic heterocycles. The van der Waals surface area contributed by atoms with Gasteiger partial charge in [-0.2, -0.15) is 0 Å². The van der Waals surface area contributed by atoms with E-state index in [0.29, 0.717) is 6.54 Å². The largest absolute Gasteiger partial charge is 0.346 e. The van der Waals surface area contributed by atoms with Crippen LogP contribution in [0.4, 0.5) is 0 Å². The molecule has 86 valence electrons. The molecule has 1 rings (SSSR count). The molecule has 0 fully saturated rings. The molecule has 0 aliphatic rings. The van der Waals surface area contributed by atoms with E-state index in [1.165, 1.54) is 0 Å². The molecule has 0 aromatic carbocycles. The fourth-order valence-corrected chi connectivity index (χ4v) is 2.05. The van der Waals surface area contributed by atoms with Crippen molar-refractivity contribution in [3.63, 3.8) is 0 Å². The van der Waals surface area contributed by atoms with Gasteiger partial charge in [0.15, 0.2) is 0 Å². The third-order valence-electron chi connectivity index (χ3n) is 2.83. The lowest BCUT2D eigenvalue weighted by molar-refractivity contribution is 0.219. The predicted molar refractivity (Wildman–Crippen MR) is 62.8 cm³/mol. The monoisotopic (exact) mass is 210 g/mol. The maximum absolute atomic E-state index is 5.84. The number of aryl methyl sites for hydroxylation is 2. The van der Waals surface area contributed by atoms with Gasteiger partial charge in [0.05, 0.1) is 11.7 Å². The lowest BCUT2D eigenvalue weighted by Crippen LogP contribution is -2.34. The first kappa shape index (κ1) is 12.2. The van der Waals surface area contributed by atoms with Crippen molar-refractivity contribution in [2.24, 2.45) is 5.73 Å². The van der Waals surface area contributed by atoms with Crippen molar-refractivity contribution in [3.05, 3.63) is 17.2 Å². The summed E-state index contributed by atoms with van der Waals surface area (Å²) in [6.07, 6.45) is 0. The minimum atomic E-state index is 0.241. The molecular weight excluding hydrogens is 188 g/mol. The average molecular weight is 210 g/mol. The standard InChI is InChI=1S/C11H22N4/c1-5-15(6-2)10(7-12)11-8(3)13-9(4)14-11/h10H,5-7,12H2,1-4H3,(H,13,14). The number of nitrogens with two attached hydrogens (primary N) is 1. The minimum absolute atomic E-state index is 0.241. The molecule has 0 bridgehead atoms. The molecule has 0 amide bonds. The molecule has 0 radical (unpaired) electrons. The van der Waals surface area contributed by atoms with Gasteiger partial charge >= 0.3 is 0 Å². The smallest absolute Gasteiger partial charge is 0.103 e. The Hall–Kier alpha value is -0.870. The summed E-state index contributed by atoms with van der Waals surface area (Å²) in [7, 11) is 0. The van der Waals surface area contributed by atoms with Crippen molar-refractivity contribution in [1.29, 1.82) is 0 Å². The molecule has 0 saturated carbocycles. The van der Waals surface area contributed by atoms with E-state index in [1.54, 1.807) is 0 Å². The number of rotatable bonds is 5. The van der Waals surface area contributed by atoms with Crippen LogP contribution in [-0.2, 0) is 0 Å². The van der Waals surface area contributed by atoms with Gasteiger partial charge in [-0.25, -0.2) is 4.98 Å². The predicted octanol–water partition coefficient (Wildman–Crippen LogP) is 1.37. The van der Waals surface area contributed by atoms with Gasteiger partial charge in [0.1, 0.15) is 5.82 Å². The van der Waals surface area contributed by atoms with Crippen LogP contribution in [0, 0.1) is 13.8 Å². The topological polar surface area (TPSA) is 57.9 Å². The Labute approximate surface area is 91.9 Å². The second kappa shape index (κ2) is 5.28. The van der Waals surface area contributed by atoms with Gasteiger partial charge in [0.25, 0.3) is 0 Å². The van der Waals surface area contributed by atoms with Crippen LogP contribution < -0.4 is 5.73 Å². The van der Waals surface area contributed by atoms with Crippen LogP contribution in [0.25, 0.3) is 0 Å². The van der Waals surface area contributed by atoms with E-state index < -0.39 is 0 Å². The van der Waals surface area contributed by atoms with Gasteiger partial charge in [-0.3, -0.25) is 4.90 Å². The Morgan fingerprint density at radius 1 is 1.33 bits per heavy atom. The summed E-state index contributed by atoms with van der Waals surface area (Å²) in [6, 6.07) is 0.241. The van der Waals surface area contributed by atoms with E-state index in [0.717, 1.165) is 30.3 Å². The first-order valence-corrected chi connectivity index (χ1v) is 5.61. The van der Waals surface area contributed by atoms with Crippen molar-refractivity contribution in [2.45, 2.75) is 33.7 Å². The molecule has 0 saturated heterocycles. The van der Waals surface area contributed by atoms with Gasteiger partial charge in [-0.15, -0.1) is 0 Å². The highest BCUT2D eigenvalue weighted by Gasteiger charge is 2.20. The number of H-pyrrole nitrogens is 1. The average Bonchev–Trinajstić information content (AvgIpc) is 2.54. The molecule has 0 spiro atoms.